The van der Waals surface area contributed by atoms with Gasteiger partial charge in [0.05, 0.1) is 0 Å². The summed E-state index contributed by atoms with van der Waals surface area (Å²) in [6.07, 6.45) is 0. The fourth-order valence-corrected chi connectivity index (χ4v) is 7.04. The summed E-state index contributed by atoms with van der Waals surface area (Å²) < 4.78 is 6.41. The quantitative estimate of drug-likeness (QED) is 0.191. The molecule has 0 fully saturated rings. The van der Waals surface area contributed by atoms with Crippen LogP contribution in [0.4, 0.5) is 0 Å². The van der Waals surface area contributed by atoms with Gasteiger partial charge in [-0.15, -0.1) is 0 Å². The minimum Gasteiger partial charge on any atom is -0.456 e. The lowest BCUT2D eigenvalue weighted by atomic mass is 9.83. The first kappa shape index (κ1) is 25.6. The van der Waals surface area contributed by atoms with Crippen molar-refractivity contribution < 1.29 is 4.42 Å². The van der Waals surface area contributed by atoms with E-state index in [0.717, 1.165) is 27.5 Å². The van der Waals surface area contributed by atoms with Crippen molar-refractivity contribution in [1.82, 2.24) is 0 Å². The minimum absolute atomic E-state index is 0.904. The predicted octanol–water partition coefficient (Wildman–Crippen LogP) is 12.6. The molecule has 210 valence electrons. The van der Waals surface area contributed by atoms with Crippen LogP contribution in [0, 0.1) is 0 Å². The van der Waals surface area contributed by atoms with Gasteiger partial charge >= 0.3 is 0 Å². The van der Waals surface area contributed by atoms with Crippen molar-refractivity contribution in [2.45, 2.75) is 0 Å². The molecular formula is C44H28O. The van der Waals surface area contributed by atoms with Gasteiger partial charge in [-0.2, -0.15) is 0 Å². The van der Waals surface area contributed by atoms with E-state index in [-0.39, 0.29) is 0 Å². The van der Waals surface area contributed by atoms with Crippen LogP contribution in [-0.4, -0.2) is 0 Å². The SMILES string of the molecule is c1ccc(-c2ccc3c(c2)oc2ccc(-c4c5ccccc5c(-c5ccccc5-c5ccccc5)c5ccccc45)cc23)cc1. The van der Waals surface area contributed by atoms with Crippen molar-refractivity contribution in [3.63, 3.8) is 0 Å². The number of hydrogen-bond acceptors (Lipinski definition) is 1. The van der Waals surface area contributed by atoms with Crippen LogP contribution in [0.15, 0.2) is 174 Å². The van der Waals surface area contributed by atoms with E-state index in [1.165, 1.54) is 60.5 Å². The van der Waals surface area contributed by atoms with Crippen LogP contribution in [0.2, 0.25) is 0 Å². The lowest BCUT2D eigenvalue weighted by molar-refractivity contribution is 0.669. The summed E-state index contributed by atoms with van der Waals surface area (Å²) >= 11 is 0. The smallest absolute Gasteiger partial charge is 0.136 e. The Hall–Kier alpha value is -5.92. The fraction of sp³-hybridized carbons (Fsp3) is 0. The summed E-state index contributed by atoms with van der Waals surface area (Å²) in [7, 11) is 0. The molecule has 0 saturated heterocycles. The van der Waals surface area contributed by atoms with E-state index < -0.39 is 0 Å². The molecule has 0 unspecified atom stereocenters. The molecular weight excluding hydrogens is 544 g/mol. The van der Waals surface area contributed by atoms with Crippen LogP contribution in [-0.2, 0) is 0 Å². The average molecular weight is 573 g/mol. The first-order chi connectivity index (χ1) is 22.3. The number of rotatable bonds is 4. The maximum atomic E-state index is 6.41. The second-order valence-corrected chi connectivity index (χ2v) is 11.6. The summed E-state index contributed by atoms with van der Waals surface area (Å²) in [5.74, 6) is 0. The molecule has 0 N–H and O–H groups in total. The van der Waals surface area contributed by atoms with Crippen molar-refractivity contribution in [3.05, 3.63) is 170 Å². The largest absolute Gasteiger partial charge is 0.456 e. The molecule has 1 heterocycles. The summed E-state index contributed by atoms with van der Waals surface area (Å²) in [4.78, 5) is 0. The molecule has 1 nitrogen and oxygen atoms in total. The second-order valence-electron chi connectivity index (χ2n) is 11.6. The van der Waals surface area contributed by atoms with Gasteiger partial charge in [-0.25, -0.2) is 0 Å². The Morgan fingerprint density at radius 3 is 1.47 bits per heavy atom. The molecule has 0 amide bonds. The highest BCUT2D eigenvalue weighted by Gasteiger charge is 2.19. The molecule has 0 bridgehead atoms. The first-order valence-electron chi connectivity index (χ1n) is 15.4. The van der Waals surface area contributed by atoms with Crippen molar-refractivity contribution in [3.8, 4) is 44.5 Å². The molecule has 0 spiro atoms. The second kappa shape index (κ2) is 10.4. The summed E-state index contributed by atoms with van der Waals surface area (Å²) in [6, 6.07) is 60.9. The molecule has 8 aromatic carbocycles. The van der Waals surface area contributed by atoms with Crippen molar-refractivity contribution in [2.24, 2.45) is 0 Å². The lowest BCUT2D eigenvalue weighted by Gasteiger charge is -2.19. The maximum Gasteiger partial charge on any atom is 0.136 e. The van der Waals surface area contributed by atoms with Gasteiger partial charge in [0.15, 0.2) is 0 Å². The topological polar surface area (TPSA) is 13.1 Å². The Bertz CT molecular complexity index is 2460. The normalized spacial score (nSPS) is 11.6. The third-order valence-corrected chi connectivity index (χ3v) is 9.08. The predicted molar refractivity (Wildman–Crippen MR) is 190 cm³/mol. The van der Waals surface area contributed by atoms with Crippen molar-refractivity contribution >= 4 is 43.5 Å². The lowest BCUT2D eigenvalue weighted by Crippen LogP contribution is -1.92. The van der Waals surface area contributed by atoms with E-state index in [1.54, 1.807) is 0 Å². The van der Waals surface area contributed by atoms with E-state index in [4.69, 9.17) is 4.42 Å². The average Bonchev–Trinajstić information content (AvgIpc) is 3.48. The Kier molecular flexibility index (Phi) is 5.89. The van der Waals surface area contributed by atoms with Crippen LogP contribution >= 0.6 is 0 Å². The standard InChI is InChI=1S/C44H28O/c1-3-13-29(14-4-1)31-23-25-34-40-27-32(24-26-41(40)45-42(34)28-31)43-36-19-9-11-21-38(36)44(39-22-12-10-20-37(39)43)35-18-8-7-17-33(35)30-15-5-2-6-16-30/h1-28H. The van der Waals surface area contributed by atoms with Gasteiger partial charge in [-0.3, -0.25) is 0 Å². The first-order valence-corrected chi connectivity index (χ1v) is 15.4. The van der Waals surface area contributed by atoms with E-state index in [2.05, 4.69) is 164 Å². The zero-order valence-corrected chi connectivity index (χ0v) is 24.6. The zero-order valence-electron chi connectivity index (χ0n) is 24.6. The molecule has 0 aliphatic heterocycles. The Morgan fingerprint density at radius 2 is 0.800 bits per heavy atom. The third kappa shape index (κ3) is 4.17. The summed E-state index contributed by atoms with van der Waals surface area (Å²) in [5, 5.41) is 7.25. The highest BCUT2D eigenvalue weighted by atomic mass is 16.3. The van der Waals surface area contributed by atoms with Crippen LogP contribution < -0.4 is 0 Å². The van der Waals surface area contributed by atoms with Crippen LogP contribution in [0.5, 0.6) is 0 Å². The molecule has 0 aliphatic carbocycles. The van der Waals surface area contributed by atoms with Gasteiger partial charge in [-0.05, 0) is 90.3 Å². The van der Waals surface area contributed by atoms with Gasteiger partial charge in [0.25, 0.3) is 0 Å². The van der Waals surface area contributed by atoms with Crippen molar-refractivity contribution in [2.75, 3.05) is 0 Å². The number of hydrogen-bond donors (Lipinski definition) is 0. The number of fused-ring (bicyclic) bond motifs is 5. The van der Waals surface area contributed by atoms with E-state index in [1.807, 2.05) is 6.07 Å². The van der Waals surface area contributed by atoms with E-state index in [0.29, 0.717) is 0 Å². The Morgan fingerprint density at radius 1 is 0.267 bits per heavy atom. The Labute approximate surface area is 261 Å². The number of benzene rings is 8. The van der Waals surface area contributed by atoms with Gasteiger partial charge in [-0.1, -0.05) is 146 Å². The monoisotopic (exact) mass is 572 g/mol. The third-order valence-electron chi connectivity index (χ3n) is 9.08. The summed E-state index contributed by atoms with van der Waals surface area (Å²) in [5.41, 5.74) is 11.6. The molecule has 0 saturated carbocycles. The number of furan rings is 1. The van der Waals surface area contributed by atoms with Crippen LogP contribution in [0.1, 0.15) is 0 Å². The molecule has 0 atom stereocenters. The van der Waals surface area contributed by atoms with E-state index >= 15 is 0 Å². The van der Waals surface area contributed by atoms with Gasteiger partial charge in [0, 0.05) is 10.8 Å². The highest BCUT2D eigenvalue weighted by Crippen LogP contribution is 2.46. The fourth-order valence-electron chi connectivity index (χ4n) is 7.04. The van der Waals surface area contributed by atoms with Crippen LogP contribution in [0.25, 0.3) is 88.0 Å². The Balaban J connectivity index is 1.30. The zero-order chi connectivity index (χ0) is 29.7. The molecule has 9 aromatic rings. The summed E-state index contributed by atoms with van der Waals surface area (Å²) in [6.45, 7) is 0. The van der Waals surface area contributed by atoms with Crippen LogP contribution in [0.3, 0.4) is 0 Å². The van der Waals surface area contributed by atoms with Gasteiger partial charge < -0.3 is 4.42 Å². The van der Waals surface area contributed by atoms with E-state index in [9.17, 15) is 0 Å². The molecule has 0 radical (unpaired) electrons. The molecule has 1 heteroatoms. The minimum atomic E-state index is 0.904. The maximum absolute atomic E-state index is 6.41. The molecule has 9 rings (SSSR count). The van der Waals surface area contributed by atoms with Gasteiger partial charge in [0.2, 0.25) is 0 Å². The highest BCUT2D eigenvalue weighted by molar-refractivity contribution is 6.23. The van der Waals surface area contributed by atoms with Gasteiger partial charge in [0.1, 0.15) is 11.2 Å². The molecule has 0 aliphatic rings. The molecule has 1 aromatic heterocycles. The molecule has 45 heavy (non-hydrogen) atoms. The van der Waals surface area contributed by atoms with Crippen molar-refractivity contribution in [1.29, 1.82) is 0 Å².